The van der Waals surface area contributed by atoms with Gasteiger partial charge in [-0.1, -0.05) is 12.1 Å². The summed E-state index contributed by atoms with van der Waals surface area (Å²) in [6.45, 7) is 0. The molecule has 3 heterocycles. The molecular formula is C22H14F6N6O. The minimum atomic E-state index is -4.73. The normalized spacial score (nSPS) is 12.0. The number of rotatable bonds is 4. The maximum atomic E-state index is 13.6. The summed E-state index contributed by atoms with van der Waals surface area (Å²) >= 11 is 0. The van der Waals surface area contributed by atoms with Crippen LogP contribution in [0.5, 0.6) is 0 Å². The number of alkyl halides is 6. The van der Waals surface area contributed by atoms with Gasteiger partial charge in [-0.3, -0.25) is 9.78 Å². The quantitative estimate of drug-likeness (QED) is 0.379. The molecule has 0 saturated carbocycles. The number of carbonyl (C=O) groups excluding carboxylic acids is 1. The van der Waals surface area contributed by atoms with Crippen LogP contribution in [0.2, 0.25) is 0 Å². The number of amides is 1. The van der Waals surface area contributed by atoms with Gasteiger partial charge in [0.2, 0.25) is 5.95 Å². The molecule has 4 rings (SSSR count). The first-order valence-corrected chi connectivity index (χ1v) is 9.83. The fourth-order valence-corrected chi connectivity index (χ4v) is 3.23. The van der Waals surface area contributed by atoms with E-state index in [2.05, 4.69) is 30.6 Å². The lowest BCUT2D eigenvalue weighted by Gasteiger charge is -2.14. The van der Waals surface area contributed by atoms with Crippen molar-refractivity contribution in [3.05, 3.63) is 71.8 Å². The Balaban J connectivity index is 1.75. The molecule has 0 saturated heterocycles. The molecule has 0 unspecified atom stereocenters. The van der Waals surface area contributed by atoms with E-state index in [1.807, 2.05) is 0 Å². The van der Waals surface area contributed by atoms with Crippen molar-refractivity contribution in [3.63, 3.8) is 0 Å². The number of hydrogen-bond acceptors (Lipinski definition) is 6. The Morgan fingerprint density at radius 3 is 2.23 bits per heavy atom. The third-order valence-electron chi connectivity index (χ3n) is 4.90. The molecule has 35 heavy (non-hydrogen) atoms. The number of pyridine rings is 2. The number of carbonyl (C=O) groups is 1. The van der Waals surface area contributed by atoms with E-state index in [1.54, 1.807) is 0 Å². The molecule has 4 aromatic rings. The zero-order chi connectivity index (χ0) is 25.4. The van der Waals surface area contributed by atoms with E-state index in [-0.39, 0.29) is 22.7 Å². The van der Waals surface area contributed by atoms with Crippen LogP contribution in [-0.2, 0) is 12.4 Å². The summed E-state index contributed by atoms with van der Waals surface area (Å²) in [6, 6.07) is 7.47. The van der Waals surface area contributed by atoms with Gasteiger partial charge in [-0.2, -0.15) is 26.3 Å². The third kappa shape index (κ3) is 4.98. The van der Waals surface area contributed by atoms with Crippen molar-refractivity contribution in [2.75, 3.05) is 12.4 Å². The first-order chi connectivity index (χ1) is 16.5. The molecule has 180 valence electrons. The summed E-state index contributed by atoms with van der Waals surface area (Å²) in [4.78, 5) is 27.3. The number of aromatic nitrogens is 4. The van der Waals surface area contributed by atoms with Gasteiger partial charge in [0.1, 0.15) is 5.69 Å². The summed E-state index contributed by atoms with van der Waals surface area (Å²) in [5.74, 6) is -0.768. The number of benzene rings is 1. The Morgan fingerprint density at radius 2 is 1.60 bits per heavy atom. The second-order valence-corrected chi connectivity index (χ2v) is 7.18. The third-order valence-corrected chi connectivity index (χ3v) is 4.90. The molecular weight excluding hydrogens is 478 g/mol. The average molecular weight is 492 g/mol. The number of halogens is 6. The zero-order valence-corrected chi connectivity index (χ0v) is 17.7. The standard InChI is InChI=1S/C22H14F6N6O/c1-29-19(35)16-5-4-14(22(26,27)28)18(33-16)11-2-3-13-15(6-7-30-17(13)8-11)34-20-31-9-12(10-32-20)21(23,24)25/h2-10H,1H3,(H,29,35)(H,30,31,32,34). The Kier molecular flexibility index (Phi) is 6.01. The molecule has 0 aliphatic carbocycles. The van der Waals surface area contributed by atoms with E-state index in [0.717, 1.165) is 12.1 Å². The SMILES string of the molecule is CNC(=O)c1ccc(C(F)(F)F)c(-c2ccc3c(Nc4ncc(C(F)(F)F)cn4)ccnc3c2)n1. The zero-order valence-electron chi connectivity index (χ0n) is 17.7. The van der Waals surface area contributed by atoms with Crippen LogP contribution in [0.25, 0.3) is 22.2 Å². The molecule has 1 amide bonds. The van der Waals surface area contributed by atoms with Crippen molar-refractivity contribution in [2.45, 2.75) is 12.4 Å². The van der Waals surface area contributed by atoms with Crippen molar-refractivity contribution in [1.29, 1.82) is 0 Å². The van der Waals surface area contributed by atoms with E-state index in [9.17, 15) is 31.1 Å². The van der Waals surface area contributed by atoms with Crippen LogP contribution in [0.3, 0.4) is 0 Å². The van der Waals surface area contributed by atoms with E-state index in [4.69, 9.17) is 0 Å². The smallest absolute Gasteiger partial charge is 0.354 e. The van der Waals surface area contributed by atoms with Gasteiger partial charge in [-0.05, 0) is 24.3 Å². The molecule has 1 aromatic carbocycles. The summed E-state index contributed by atoms with van der Waals surface area (Å²) in [5, 5.41) is 5.53. The van der Waals surface area contributed by atoms with Crippen LogP contribution in [-0.4, -0.2) is 32.9 Å². The Morgan fingerprint density at radius 1 is 0.886 bits per heavy atom. The van der Waals surface area contributed by atoms with Crippen molar-refractivity contribution < 1.29 is 31.1 Å². The summed E-state index contributed by atoms with van der Waals surface area (Å²) in [6.07, 6.45) is -6.70. The Bertz CT molecular complexity index is 1400. The highest BCUT2D eigenvalue weighted by molar-refractivity contribution is 5.96. The predicted molar refractivity (Wildman–Crippen MR) is 114 cm³/mol. The van der Waals surface area contributed by atoms with Crippen molar-refractivity contribution in [3.8, 4) is 11.3 Å². The highest BCUT2D eigenvalue weighted by Crippen LogP contribution is 2.37. The molecule has 0 fully saturated rings. The monoisotopic (exact) mass is 492 g/mol. The molecule has 7 nitrogen and oxygen atoms in total. The molecule has 0 aliphatic heterocycles. The highest BCUT2D eigenvalue weighted by atomic mass is 19.4. The maximum absolute atomic E-state index is 13.6. The highest BCUT2D eigenvalue weighted by Gasteiger charge is 2.35. The molecule has 0 bridgehead atoms. The maximum Gasteiger partial charge on any atom is 0.419 e. The Hall–Kier alpha value is -4.29. The number of nitrogens with one attached hydrogen (secondary N) is 2. The molecule has 3 aromatic heterocycles. The van der Waals surface area contributed by atoms with Crippen LogP contribution >= 0.6 is 0 Å². The van der Waals surface area contributed by atoms with Crippen LogP contribution in [0.4, 0.5) is 38.0 Å². The minimum absolute atomic E-state index is 0.0611. The summed E-state index contributed by atoms with van der Waals surface area (Å²) in [7, 11) is 1.33. The number of nitrogens with zero attached hydrogens (tertiary/aromatic N) is 4. The second-order valence-electron chi connectivity index (χ2n) is 7.18. The fourth-order valence-electron chi connectivity index (χ4n) is 3.23. The van der Waals surface area contributed by atoms with Gasteiger partial charge in [0.05, 0.1) is 28.0 Å². The first kappa shape index (κ1) is 23.9. The van der Waals surface area contributed by atoms with Crippen LogP contribution in [0.1, 0.15) is 21.6 Å². The lowest BCUT2D eigenvalue weighted by molar-refractivity contribution is -0.138. The van der Waals surface area contributed by atoms with Gasteiger partial charge in [-0.15, -0.1) is 0 Å². The van der Waals surface area contributed by atoms with Gasteiger partial charge >= 0.3 is 12.4 Å². The van der Waals surface area contributed by atoms with Gasteiger partial charge < -0.3 is 10.6 Å². The average Bonchev–Trinajstić information content (AvgIpc) is 2.82. The van der Waals surface area contributed by atoms with Crippen molar-refractivity contribution in [2.24, 2.45) is 0 Å². The van der Waals surface area contributed by atoms with Gasteiger partial charge in [0.25, 0.3) is 5.91 Å². The van der Waals surface area contributed by atoms with Crippen molar-refractivity contribution in [1.82, 2.24) is 25.3 Å². The van der Waals surface area contributed by atoms with Crippen LogP contribution in [0.15, 0.2) is 55.0 Å². The lowest BCUT2D eigenvalue weighted by atomic mass is 10.0. The largest absolute Gasteiger partial charge is 0.419 e. The summed E-state index contributed by atoms with van der Waals surface area (Å²) < 4.78 is 79.0. The molecule has 0 radical (unpaired) electrons. The minimum Gasteiger partial charge on any atom is -0.354 e. The number of anilines is 2. The van der Waals surface area contributed by atoms with E-state index in [0.29, 0.717) is 23.5 Å². The van der Waals surface area contributed by atoms with Gasteiger partial charge in [-0.25, -0.2) is 15.0 Å². The van der Waals surface area contributed by atoms with Gasteiger partial charge in [0, 0.05) is 36.6 Å². The second kappa shape index (κ2) is 8.81. The molecule has 0 aliphatic rings. The fraction of sp³-hybridized carbons (Fsp3) is 0.136. The topological polar surface area (TPSA) is 92.7 Å². The molecule has 0 atom stereocenters. The lowest BCUT2D eigenvalue weighted by Crippen LogP contribution is -2.20. The first-order valence-electron chi connectivity index (χ1n) is 9.83. The predicted octanol–water partition coefficient (Wildman–Crippen LogP) is 5.23. The van der Waals surface area contributed by atoms with Gasteiger partial charge in [0.15, 0.2) is 0 Å². The number of fused-ring (bicyclic) bond motifs is 1. The van der Waals surface area contributed by atoms with Crippen LogP contribution in [0, 0.1) is 0 Å². The Labute approximate surface area is 193 Å². The molecule has 0 spiro atoms. The van der Waals surface area contributed by atoms with Crippen molar-refractivity contribution >= 4 is 28.4 Å². The number of hydrogen-bond donors (Lipinski definition) is 2. The van der Waals surface area contributed by atoms with Crippen LogP contribution < -0.4 is 10.6 Å². The van der Waals surface area contributed by atoms with E-state index >= 15 is 0 Å². The summed E-state index contributed by atoms with van der Waals surface area (Å²) in [5.41, 5.74) is -2.00. The molecule has 2 N–H and O–H groups in total. The van der Waals surface area contributed by atoms with E-state index in [1.165, 1.54) is 37.5 Å². The van der Waals surface area contributed by atoms with E-state index < -0.39 is 35.1 Å². The molecule has 13 heteroatoms.